The lowest BCUT2D eigenvalue weighted by Crippen LogP contribution is -2.31. The van der Waals surface area contributed by atoms with Crippen LogP contribution >= 0.6 is 11.6 Å². The highest BCUT2D eigenvalue weighted by Gasteiger charge is 2.34. The Bertz CT molecular complexity index is 1240. The van der Waals surface area contributed by atoms with Crippen molar-refractivity contribution < 1.29 is 14.7 Å². The summed E-state index contributed by atoms with van der Waals surface area (Å²) in [6.07, 6.45) is 5.07. The number of aryl methyl sites for hydroxylation is 1. The van der Waals surface area contributed by atoms with Crippen LogP contribution in [-0.2, 0) is 9.59 Å². The summed E-state index contributed by atoms with van der Waals surface area (Å²) in [6, 6.07) is 15.7. The van der Waals surface area contributed by atoms with E-state index in [1.54, 1.807) is 0 Å². The molecule has 2 atom stereocenters. The first kappa shape index (κ1) is 24.9. The van der Waals surface area contributed by atoms with Crippen molar-refractivity contribution in [1.82, 2.24) is 4.98 Å². The number of rotatable bonds is 8. The molecule has 1 aromatic heterocycles. The van der Waals surface area contributed by atoms with Gasteiger partial charge >= 0.3 is 5.97 Å². The van der Waals surface area contributed by atoms with Gasteiger partial charge in [-0.1, -0.05) is 61.3 Å². The predicted molar refractivity (Wildman–Crippen MR) is 140 cm³/mol. The van der Waals surface area contributed by atoms with Gasteiger partial charge in [0.25, 0.3) is 0 Å². The molecule has 0 bridgehead atoms. The minimum absolute atomic E-state index is 0.0198. The zero-order valence-electron chi connectivity index (χ0n) is 20.3. The molecule has 0 unspecified atom stereocenters. The Balaban J connectivity index is 1.57. The number of hydrogen-bond acceptors (Lipinski definition) is 3. The van der Waals surface area contributed by atoms with Gasteiger partial charge in [-0.15, -0.1) is 0 Å². The summed E-state index contributed by atoms with van der Waals surface area (Å²) < 4.78 is 0. The van der Waals surface area contributed by atoms with Crippen molar-refractivity contribution in [2.24, 2.45) is 5.92 Å². The zero-order valence-corrected chi connectivity index (χ0v) is 21.1. The van der Waals surface area contributed by atoms with Gasteiger partial charge in [0.2, 0.25) is 5.91 Å². The highest BCUT2D eigenvalue weighted by Crippen LogP contribution is 2.41. The maximum absolute atomic E-state index is 13.6. The first-order valence-corrected chi connectivity index (χ1v) is 12.5. The van der Waals surface area contributed by atoms with E-state index in [0.717, 1.165) is 58.5 Å². The standard InChI is InChI=1S/C29H31ClN2O3/c1-17(14-27(33)34)24-8-5-9-26(18(24)2)32-29(35)28(21-6-4-7-21)22-12-10-20(11-13-22)23-15-25(30)19(3)31-16-23/h5,8-13,15-17,21,28H,4,6-7,14H2,1-3H3,(H,32,35)(H,33,34)/t17-,28+/m1/s1. The lowest BCUT2D eigenvalue weighted by Gasteiger charge is -2.33. The number of benzene rings is 2. The minimum Gasteiger partial charge on any atom is -0.481 e. The average molecular weight is 491 g/mol. The molecule has 1 heterocycles. The minimum atomic E-state index is -0.830. The highest BCUT2D eigenvalue weighted by molar-refractivity contribution is 6.31. The van der Waals surface area contributed by atoms with Gasteiger partial charge in [0.15, 0.2) is 0 Å². The van der Waals surface area contributed by atoms with E-state index in [-0.39, 0.29) is 24.2 Å². The normalized spacial score (nSPS) is 15.2. The molecule has 2 N–H and O–H groups in total. The van der Waals surface area contributed by atoms with Crippen LogP contribution in [0.25, 0.3) is 11.1 Å². The molecular weight excluding hydrogens is 460 g/mol. The second-order valence-corrected chi connectivity index (χ2v) is 10.00. The predicted octanol–water partition coefficient (Wildman–Crippen LogP) is 7.12. The Morgan fingerprint density at radius 2 is 1.83 bits per heavy atom. The third-order valence-corrected chi connectivity index (χ3v) is 7.56. The van der Waals surface area contributed by atoms with E-state index >= 15 is 0 Å². The van der Waals surface area contributed by atoms with Crippen LogP contribution < -0.4 is 5.32 Å². The third-order valence-electron chi connectivity index (χ3n) is 7.18. The van der Waals surface area contributed by atoms with Crippen LogP contribution in [0.1, 0.15) is 66.8 Å². The number of carboxylic acids is 1. The van der Waals surface area contributed by atoms with Gasteiger partial charge < -0.3 is 10.4 Å². The SMILES string of the molecule is Cc1ncc(-c2ccc([C@@H](C(=O)Nc3cccc([C@H](C)CC(=O)O)c3C)C3CCC3)cc2)cc1Cl. The van der Waals surface area contributed by atoms with Crippen molar-refractivity contribution in [2.75, 3.05) is 5.32 Å². The molecule has 3 aromatic rings. The molecule has 0 radical (unpaired) electrons. The Kier molecular flexibility index (Phi) is 7.56. The maximum Gasteiger partial charge on any atom is 0.303 e. The van der Waals surface area contributed by atoms with E-state index in [4.69, 9.17) is 11.6 Å². The van der Waals surface area contributed by atoms with Crippen molar-refractivity contribution in [3.05, 3.63) is 82.1 Å². The summed E-state index contributed by atoms with van der Waals surface area (Å²) in [6.45, 7) is 5.72. The van der Waals surface area contributed by atoms with Gasteiger partial charge in [-0.05, 0) is 72.9 Å². The first-order chi connectivity index (χ1) is 16.7. The van der Waals surface area contributed by atoms with E-state index in [9.17, 15) is 14.7 Å². The molecule has 1 aliphatic rings. The van der Waals surface area contributed by atoms with Gasteiger partial charge in [0.1, 0.15) is 0 Å². The lowest BCUT2D eigenvalue weighted by molar-refractivity contribution is -0.137. The number of amides is 1. The lowest BCUT2D eigenvalue weighted by atomic mass is 9.72. The third kappa shape index (κ3) is 5.57. The van der Waals surface area contributed by atoms with E-state index in [1.165, 1.54) is 0 Å². The number of hydrogen-bond donors (Lipinski definition) is 2. The van der Waals surface area contributed by atoms with Crippen LogP contribution in [0.3, 0.4) is 0 Å². The fraction of sp³-hybridized carbons (Fsp3) is 0.345. The number of carboxylic acid groups (broad SMARTS) is 1. The number of carbonyl (C=O) groups excluding carboxylic acids is 1. The molecule has 1 aliphatic carbocycles. The maximum atomic E-state index is 13.6. The molecule has 1 amide bonds. The van der Waals surface area contributed by atoms with E-state index in [2.05, 4.69) is 10.3 Å². The summed E-state index contributed by atoms with van der Waals surface area (Å²) in [7, 11) is 0. The smallest absolute Gasteiger partial charge is 0.303 e. The molecule has 5 nitrogen and oxygen atoms in total. The summed E-state index contributed by atoms with van der Waals surface area (Å²) in [5.74, 6) is -0.913. The molecule has 0 aliphatic heterocycles. The number of pyridine rings is 1. The molecule has 4 rings (SSSR count). The average Bonchev–Trinajstić information content (AvgIpc) is 2.79. The Morgan fingerprint density at radius 1 is 1.11 bits per heavy atom. The topological polar surface area (TPSA) is 79.3 Å². The highest BCUT2D eigenvalue weighted by atomic mass is 35.5. The molecule has 1 saturated carbocycles. The van der Waals surface area contributed by atoms with E-state index in [0.29, 0.717) is 10.9 Å². The second-order valence-electron chi connectivity index (χ2n) is 9.59. The van der Waals surface area contributed by atoms with Crippen molar-refractivity contribution in [3.63, 3.8) is 0 Å². The zero-order chi connectivity index (χ0) is 25.1. The number of halogens is 1. The van der Waals surface area contributed by atoms with Gasteiger partial charge in [0.05, 0.1) is 23.1 Å². The molecular formula is C29H31ClN2O3. The monoisotopic (exact) mass is 490 g/mol. The Morgan fingerprint density at radius 3 is 2.43 bits per heavy atom. The van der Waals surface area contributed by atoms with Crippen molar-refractivity contribution in [3.8, 4) is 11.1 Å². The van der Waals surface area contributed by atoms with Crippen LogP contribution in [-0.4, -0.2) is 22.0 Å². The van der Waals surface area contributed by atoms with E-state index < -0.39 is 5.97 Å². The summed E-state index contributed by atoms with van der Waals surface area (Å²) in [5.41, 5.74) is 6.35. The fourth-order valence-electron chi connectivity index (χ4n) is 4.86. The number of nitrogens with zero attached hydrogens (tertiary/aromatic N) is 1. The molecule has 0 saturated heterocycles. The fourth-order valence-corrected chi connectivity index (χ4v) is 5.03. The largest absolute Gasteiger partial charge is 0.481 e. The Labute approximate surface area is 211 Å². The summed E-state index contributed by atoms with van der Waals surface area (Å²) in [5, 5.41) is 13.0. The van der Waals surface area contributed by atoms with Gasteiger partial charge in [-0.2, -0.15) is 0 Å². The van der Waals surface area contributed by atoms with Crippen LogP contribution in [0.5, 0.6) is 0 Å². The van der Waals surface area contributed by atoms with Crippen LogP contribution in [0.15, 0.2) is 54.7 Å². The van der Waals surface area contributed by atoms with E-state index in [1.807, 2.05) is 75.5 Å². The van der Waals surface area contributed by atoms with Gasteiger partial charge in [-0.3, -0.25) is 14.6 Å². The number of anilines is 1. The summed E-state index contributed by atoms with van der Waals surface area (Å²) >= 11 is 6.26. The van der Waals surface area contributed by atoms with Gasteiger partial charge in [0, 0.05) is 17.4 Å². The number of aliphatic carboxylic acids is 1. The number of aromatic nitrogens is 1. The molecule has 2 aromatic carbocycles. The molecule has 182 valence electrons. The van der Waals surface area contributed by atoms with Gasteiger partial charge in [-0.25, -0.2) is 0 Å². The molecule has 6 heteroatoms. The summed E-state index contributed by atoms with van der Waals surface area (Å²) in [4.78, 5) is 29.1. The van der Waals surface area contributed by atoms with Crippen molar-refractivity contribution in [2.45, 2.75) is 58.3 Å². The number of nitrogens with one attached hydrogen (secondary N) is 1. The van der Waals surface area contributed by atoms with Crippen LogP contribution in [0, 0.1) is 19.8 Å². The molecule has 35 heavy (non-hydrogen) atoms. The quantitative estimate of drug-likeness (QED) is 0.352. The first-order valence-electron chi connectivity index (χ1n) is 12.1. The number of carbonyl (C=O) groups is 2. The van der Waals surface area contributed by atoms with Crippen molar-refractivity contribution in [1.29, 1.82) is 0 Å². The Hall–Kier alpha value is -3.18. The van der Waals surface area contributed by atoms with Crippen molar-refractivity contribution >= 4 is 29.2 Å². The molecule has 0 spiro atoms. The van der Waals surface area contributed by atoms with Crippen LogP contribution in [0.2, 0.25) is 5.02 Å². The second kappa shape index (κ2) is 10.6. The molecule has 1 fully saturated rings. The van der Waals surface area contributed by atoms with Crippen LogP contribution in [0.4, 0.5) is 5.69 Å².